The van der Waals surface area contributed by atoms with Crippen molar-refractivity contribution in [3.05, 3.63) is 0 Å². The third-order valence-corrected chi connectivity index (χ3v) is 2.52. The van der Waals surface area contributed by atoms with E-state index in [9.17, 15) is 4.57 Å². The average molecular weight is 227 g/mol. The van der Waals surface area contributed by atoms with Crippen molar-refractivity contribution < 1.29 is 18.5 Å². The Morgan fingerprint density at radius 3 is 1.71 bits per heavy atom. The molecule has 14 heavy (non-hydrogen) atoms. The molecule has 0 amide bonds. The van der Waals surface area contributed by atoms with E-state index in [1.165, 1.54) is 0 Å². The highest BCUT2D eigenvalue weighted by atomic mass is 31.2. The van der Waals surface area contributed by atoms with Gasteiger partial charge in [-0.05, 0) is 12.8 Å². The Kier molecular flexibility index (Phi) is 11.3. The predicted octanol–water partition coefficient (Wildman–Crippen LogP) is 2.88. The Bertz CT molecular complexity index is 151. The van der Waals surface area contributed by atoms with Gasteiger partial charge in [0.15, 0.2) is 0 Å². The van der Waals surface area contributed by atoms with E-state index in [0.29, 0.717) is 0 Å². The minimum Gasteiger partial charge on any atom is -0.344 e. The molecule has 0 aliphatic carbocycles. The average Bonchev–Trinajstić information content (AvgIpc) is 2.05. The summed E-state index contributed by atoms with van der Waals surface area (Å²) in [6.45, 7) is 4.56. The minimum atomic E-state index is -3.75. The van der Waals surface area contributed by atoms with Gasteiger partial charge in [-0.1, -0.05) is 26.7 Å². The van der Waals surface area contributed by atoms with Gasteiger partial charge in [-0.15, -0.1) is 0 Å². The molecule has 0 unspecified atom stereocenters. The Morgan fingerprint density at radius 2 is 1.43 bits per heavy atom. The summed E-state index contributed by atoms with van der Waals surface area (Å²) in [6, 6.07) is 0. The van der Waals surface area contributed by atoms with Crippen molar-refractivity contribution in [1.82, 2.24) is 6.15 Å². The summed E-state index contributed by atoms with van der Waals surface area (Å²) in [5.41, 5.74) is 0. The summed E-state index contributed by atoms with van der Waals surface area (Å²) >= 11 is 0. The molecule has 6 heteroatoms. The van der Waals surface area contributed by atoms with Crippen LogP contribution in [0.2, 0.25) is 0 Å². The number of phosphoric acid groups is 1. The molecule has 4 N–H and O–H groups in total. The van der Waals surface area contributed by atoms with Gasteiger partial charge in [-0.25, -0.2) is 4.57 Å². The standard InChI is InChI=1S/C8H19O4P.H3N/c1-3-5-7-11-13(9,10)12-8-6-4-2;/h3-8H2,1-2H3,(H,9,10);1H3. The van der Waals surface area contributed by atoms with Crippen molar-refractivity contribution in [2.45, 2.75) is 39.5 Å². The maximum absolute atomic E-state index is 11.1. The highest BCUT2D eigenvalue weighted by Crippen LogP contribution is 2.43. The maximum atomic E-state index is 11.1. The van der Waals surface area contributed by atoms with Gasteiger partial charge in [0, 0.05) is 0 Å². The molecule has 0 aliphatic heterocycles. The van der Waals surface area contributed by atoms with Gasteiger partial charge in [0.25, 0.3) is 0 Å². The van der Waals surface area contributed by atoms with Gasteiger partial charge in [-0.2, -0.15) is 0 Å². The van der Waals surface area contributed by atoms with Crippen LogP contribution in [0, 0.1) is 0 Å². The molecule has 0 spiro atoms. The van der Waals surface area contributed by atoms with E-state index in [0.717, 1.165) is 25.7 Å². The highest BCUT2D eigenvalue weighted by Gasteiger charge is 2.19. The second-order valence-electron chi connectivity index (χ2n) is 2.84. The van der Waals surface area contributed by atoms with Crippen LogP contribution >= 0.6 is 7.82 Å². The third-order valence-electron chi connectivity index (χ3n) is 1.50. The first-order valence-corrected chi connectivity index (χ1v) is 6.23. The minimum absolute atomic E-state index is 0. The van der Waals surface area contributed by atoms with Crippen LogP contribution in [0.3, 0.4) is 0 Å². The van der Waals surface area contributed by atoms with Crippen LogP contribution in [0.1, 0.15) is 39.5 Å². The molecular weight excluding hydrogens is 205 g/mol. The summed E-state index contributed by atoms with van der Waals surface area (Å²) in [5.74, 6) is 0. The zero-order valence-corrected chi connectivity index (χ0v) is 9.96. The monoisotopic (exact) mass is 227 g/mol. The lowest BCUT2D eigenvalue weighted by Crippen LogP contribution is -1.98. The molecule has 0 aromatic heterocycles. The summed E-state index contributed by atoms with van der Waals surface area (Å²) in [5, 5.41) is 0. The Hall–Kier alpha value is 0.0700. The van der Waals surface area contributed by atoms with E-state index < -0.39 is 7.82 Å². The second kappa shape index (κ2) is 9.62. The van der Waals surface area contributed by atoms with E-state index >= 15 is 0 Å². The van der Waals surface area contributed by atoms with Crippen molar-refractivity contribution in [3.63, 3.8) is 0 Å². The Balaban J connectivity index is 0. The fourth-order valence-electron chi connectivity index (χ4n) is 0.686. The normalized spacial score (nSPS) is 11.1. The molecule has 0 saturated heterocycles. The zero-order valence-electron chi connectivity index (χ0n) is 9.07. The van der Waals surface area contributed by atoms with Gasteiger partial charge in [0.05, 0.1) is 13.2 Å². The van der Waals surface area contributed by atoms with Crippen LogP contribution in [0.25, 0.3) is 0 Å². The van der Waals surface area contributed by atoms with Crippen LogP contribution in [0.4, 0.5) is 0 Å². The van der Waals surface area contributed by atoms with Crippen LogP contribution in [-0.2, 0) is 13.6 Å². The first-order chi connectivity index (χ1) is 6.12. The van der Waals surface area contributed by atoms with Gasteiger partial charge in [0.1, 0.15) is 0 Å². The van der Waals surface area contributed by atoms with Crippen LogP contribution in [-0.4, -0.2) is 18.1 Å². The molecular formula is C8H22NO4P. The fraction of sp³-hybridized carbons (Fsp3) is 1.00. The smallest absolute Gasteiger partial charge is 0.344 e. The number of hydrogen-bond acceptors (Lipinski definition) is 4. The number of phosphoric ester groups is 1. The molecule has 0 bridgehead atoms. The van der Waals surface area contributed by atoms with Crippen LogP contribution in [0.15, 0.2) is 0 Å². The largest absolute Gasteiger partial charge is 0.472 e. The molecule has 0 aliphatic rings. The first kappa shape index (κ1) is 16.5. The molecule has 0 aromatic rings. The van der Waals surface area contributed by atoms with Crippen molar-refractivity contribution in [3.8, 4) is 0 Å². The Morgan fingerprint density at radius 1 is 1.07 bits per heavy atom. The predicted molar refractivity (Wildman–Crippen MR) is 56.6 cm³/mol. The summed E-state index contributed by atoms with van der Waals surface area (Å²) in [6.07, 6.45) is 3.44. The molecule has 0 rings (SSSR count). The van der Waals surface area contributed by atoms with E-state index in [-0.39, 0.29) is 19.4 Å². The van der Waals surface area contributed by atoms with Crippen LogP contribution in [0.5, 0.6) is 0 Å². The SMILES string of the molecule is CCCCOP(=O)(O)OCCCC.N. The van der Waals surface area contributed by atoms with Crippen molar-refractivity contribution >= 4 is 7.82 Å². The van der Waals surface area contributed by atoms with Gasteiger partial charge in [-0.3, -0.25) is 9.05 Å². The van der Waals surface area contributed by atoms with Crippen molar-refractivity contribution in [2.75, 3.05) is 13.2 Å². The number of hydrogen-bond donors (Lipinski definition) is 2. The lowest BCUT2D eigenvalue weighted by Gasteiger charge is -2.10. The molecule has 0 aromatic carbocycles. The third kappa shape index (κ3) is 10.2. The molecule has 0 fully saturated rings. The van der Waals surface area contributed by atoms with Crippen molar-refractivity contribution in [2.24, 2.45) is 0 Å². The van der Waals surface area contributed by atoms with Gasteiger partial charge >= 0.3 is 7.82 Å². The first-order valence-electron chi connectivity index (χ1n) is 4.74. The summed E-state index contributed by atoms with van der Waals surface area (Å²) in [7, 11) is -3.75. The molecule has 0 heterocycles. The highest BCUT2D eigenvalue weighted by molar-refractivity contribution is 7.47. The molecule has 0 radical (unpaired) electrons. The lowest BCUT2D eigenvalue weighted by molar-refractivity contribution is 0.146. The van der Waals surface area contributed by atoms with E-state index in [1.807, 2.05) is 13.8 Å². The quantitative estimate of drug-likeness (QED) is 0.491. The van der Waals surface area contributed by atoms with Gasteiger partial charge < -0.3 is 11.0 Å². The topological polar surface area (TPSA) is 90.8 Å². The van der Waals surface area contributed by atoms with E-state index in [4.69, 9.17) is 13.9 Å². The number of rotatable bonds is 8. The number of unbranched alkanes of at least 4 members (excludes halogenated alkanes) is 2. The maximum Gasteiger partial charge on any atom is 0.472 e. The summed E-state index contributed by atoms with van der Waals surface area (Å²) < 4.78 is 20.5. The molecule has 0 saturated carbocycles. The molecule has 0 atom stereocenters. The summed E-state index contributed by atoms with van der Waals surface area (Å²) in [4.78, 5) is 9.08. The van der Waals surface area contributed by atoms with E-state index in [1.54, 1.807) is 0 Å². The Labute approximate surface area is 86.0 Å². The van der Waals surface area contributed by atoms with E-state index in [2.05, 4.69) is 0 Å². The zero-order chi connectivity index (χ0) is 10.2. The van der Waals surface area contributed by atoms with Crippen molar-refractivity contribution in [1.29, 1.82) is 0 Å². The van der Waals surface area contributed by atoms with Gasteiger partial charge in [0.2, 0.25) is 0 Å². The fourth-order valence-corrected chi connectivity index (χ4v) is 1.48. The lowest BCUT2D eigenvalue weighted by atomic mass is 10.4. The second-order valence-corrected chi connectivity index (χ2v) is 4.30. The van der Waals surface area contributed by atoms with Crippen LogP contribution < -0.4 is 6.15 Å². The molecule has 5 nitrogen and oxygen atoms in total. The molecule has 88 valence electrons.